The Labute approximate surface area is 82.1 Å². The van der Waals surface area contributed by atoms with Crippen LogP contribution < -0.4 is 11.2 Å². The first-order valence-corrected chi connectivity index (χ1v) is 4.51. The van der Waals surface area contributed by atoms with Gasteiger partial charge in [-0.2, -0.15) is 0 Å². The molecular weight excluding hydrogens is 182 g/mol. The summed E-state index contributed by atoms with van der Waals surface area (Å²) >= 11 is 0. The predicted octanol–water partition coefficient (Wildman–Crippen LogP) is -0.282. The predicted molar refractivity (Wildman–Crippen MR) is 52.5 cm³/mol. The molecule has 0 aliphatic carbocycles. The number of morpholine rings is 1. The number of aromatic nitrogens is 2. The third-order valence-corrected chi connectivity index (χ3v) is 2.02. The van der Waals surface area contributed by atoms with Gasteiger partial charge in [0.15, 0.2) is 5.82 Å². The van der Waals surface area contributed by atoms with E-state index in [0.717, 1.165) is 26.3 Å². The maximum Gasteiger partial charge on any atom is 0.167 e. The largest absolute Gasteiger partial charge is 0.394 e. The number of anilines is 2. The van der Waals surface area contributed by atoms with Gasteiger partial charge in [-0.15, -0.1) is 0 Å². The van der Waals surface area contributed by atoms with Crippen molar-refractivity contribution in [3.8, 4) is 0 Å². The van der Waals surface area contributed by atoms with Gasteiger partial charge in [-0.05, 0) is 0 Å². The molecular formula is C8H13N5O. The fraction of sp³-hybridized carbons (Fsp3) is 0.500. The molecule has 0 saturated carbocycles. The van der Waals surface area contributed by atoms with E-state index >= 15 is 0 Å². The quantitative estimate of drug-likeness (QED) is 0.675. The van der Waals surface area contributed by atoms with E-state index in [4.69, 9.17) is 10.5 Å². The van der Waals surface area contributed by atoms with Crippen molar-refractivity contribution in [1.82, 2.24) is 15.0 Å². The molecule has 0 atom stereocenters. The van der Waals surface area contributed by atoms with Crippen molar-refractivity contribution < 1.29 is 4.74 Å². The molecule has 1 aliphatic rings. The average Bonchev–Trinajstić information content (AvgIpc) is 2.23. The van der Waals surface area contributed by atoms with Crippen molar-refractivity contribution in [2.24, 2.45) is 0 Å². The number of hydrogen-bond donors (Lipinski definition) is 2. The minimum absolute atomic E-state index is 0.555. The number of nitrogens with one attached hydrogen (secondary N) is 1. The van der Waals surface area contributed by atoms with Crippen LogP contribution in [0.5, 0.6) is 0 Å². The van der Waals surface area contributed by atoms with E-state index in [2.05, 4.69) is 15.4 Å². The zero-order chi connectivity index (χ0) is 9.80. The monoisotopic (exact) mass is 195 g/mol. The van der Waals surface area contributed by atoms with Crippen LogP contribution in [0.1, 0.15) is 0 Å². The van der Waals surface area contributed by atoms with Gasteiger partial charge in [-0.3, -0.25) is 0 Å². The second-order valence-electron chi connectivity index (χ2n) is 3.04. The number of rotatable bonds is 2. The summed E-state index contributed by atoms with van der Waals surface area (Å²) in [5, 5.41) is 2.03. The molecule has 0 radical (unpaired) electrons. The summed E-state index contributed by atoms with van der Waals surface area (Å²) in [6.07, 6.45) is 3.05. The van der Waals surface area contributed by atoms with Crippen molar-refractivity contribution >= 4 is 11.5 Å². The van der Waals surface area contributed by atoms with Gasteiger partial charge in [-0.25, -0.2) is 15.0 Å². The van der Waals surface area contributed by atoms with Crippen molar-refractivity contribution in [2.45, 2.75) is 0 Å². The summed E-state index contributed by atoms with van der Waals surface area (Å²) in [6.45, 7) is 3.14. The molecule has 0 aromatic carbocycles. The van der Waals surface area contributed by atoms with Crippen LogP contribution in [0.2, 0.25) is 0 Å². The van der Waals surface area contributed by atoms with Gasteiger partial charge in [0.25, 0.3) is 0 Å². The second-order valence-corrected chi connectivity index (χ2v) is 3.04. The summed E-state index contributed by atoms with van der Waals surface area (Å²) in [7, 11) is 0. The van der Waals surface area contributed by atoms with Crippen molar-refractivity contribution in [1.29, 1.82) is 0 Å². The Hall–Kier alpha value is -1.40. The number of nitrogens with zero attached hydrogens (tertiary/aromatic N) is 3. The number of nitrogens with two attached hydrogens (primary N) is 1. The van der Waals surface area contributed by atoms with Crippen LogP contribution in [0, 0.1) is 0 Å². The van der Waals surface area contributed by atoms with Crippen LogP contribution in [0.4, 0.5) is 11.5 Å². The zero-order valence-electron chi connectivity index (χ0n) is 7.81. The molecule has 1 aliphatic heterocycles. The fourth-order valence-corrected chi connectivity index (χ4v) is 1.26. The maximum absolute atomic E-state index is 5.69. The maximum atomic E-state index is 5.69. The third kappa shape index (κ3) is 2.09. The van der Waals surface area contributed by atoms with E-state index in [9.17, 15) is 0 Å². The van der Waals surface area contributed by atoms with Crippen LogP contribution >= 0.6 is 0 Å². The number of hydrazine groups is 1. The smallest absolute Gasteiger partial charge is 0.167 e. The Morgan fingerprint density at radius 1 is 1.43 bits per heavy atom. The standard InChI is InChI=1S/C8H13N5O/c9-7-5-10-6-11-8(7)12-13-1-3-14-4-2-13/h5-6H,1-4,9H2,(H,10,11,12). The molecule has 0 spiro atoms. The molecule has 1 aromatic rings. The summed E-state index contributed by atoms with van der Waals surface area (Å²) < 4.78 is 5.22. The highest BCUT2D eigenvalue weighted by atomic mass is 16.5. The second kappa shape index (κ2) is 4.21. The molecule has 2 rings (SSSR count). The van der Waals surface area contributed by atoms with Gasteiger partial charge >= 0.3 is 0 Å². The fourth-order valence-electron chi connectivity index (χ4n) is 1.26. The molecule has 0 amide bonds. The van der Waals surface area contributed by atoms with Crippen molar-refractivity contribution in [3.63, 3.8) is 0 Å². The minimum Gasteiger partial charge on any atom is -0.394 e. The lowest BCUT2D eigenvalue weighted by atomic mass is 10.5. The normalized spacial score (nSPS) is 18.0. The van der Waals surface area contributed by atoms with E-state index in [0.29, 0.717) is 11.5 Å². The van der Waals surface area contributed by atoms with Gasteiger partial charge < -0.3 is 15.9 Å². The molecule has 6 nitrogen and oxygen atoms in total. The van der Waals surface area contributed by atoms with Crippen LogP contribution in [-0.4, -0.2) is 41.3 Å². The highest BCUT2D eigenvalue weighted by Crippen LogP contribution is 2.12. The van der Waals surface area contributed by atoms with E-state index in [-0.39, 0.29) is 0 Å². The Balaban J connectivity index is 1.99. The van der Waals surface area contributed by atoms with Crippen molar-refractivity contribution in [3.05, 3.63) is 12.5 Å². The topological polar surface area (TPSA) is 76.3 Å². The van der Waals surface area contributed by atoms with Gasteiger partial charge in [0.1, 0.15) is 6.33 Å². The lowest BCUT2D eigenvalue weighted by Gasteiger charge is -2.27. The molecule has 2 heterocycles. The molecule has 3 N–H and O–H groups in total. The van der Waals surface area contributed by atoms with Gasteiger partial charge in [0.2, 0.25) is 0 Å². The van der Waals surface area contributed by atoms with E-state index in [1.165, 1.54) is 6.33 Å². The Morgan fingerprint density at radius 2 is 2.21 bits per heavy atom. The van der Waals surface area contributed by atoms with Crippen LogP contribution in [0.25, 0.3) is 0 Å². The highest BCUT2D eigenvalue weighted by Gasteiger charge is 2.11. The number of ether oxygens (including phenoxy) is 1. The van der Waals surface area contributed by atoms with E-state index < -0.39 is 0 Å². The molecule has 14 heavy (non-hydrogen) atoms. The summed E-state index contributed by atoms with van der Waals surface area (Å²) in [5.74, 6) is 0.655. The van der Waals surface area contributed by atoms with E-state index in [1.54, 1.807) is 6.20 Å². The minimum atomic E-state index is 0.555. The Morgan fingerprint density at radius 3 is 2.93 bits per heavy atom. The molecule has 6 heteroatoms. The average molecular weight is 195 g/mol. The lowest BCUT2D eigenvalue weighted by Crippen LogP contribution is -2.40. The first-order valence-electron chi connectivity index (χ1n) is 4.51. The summed E-state index contributed by atoms with van der Waals surface area (Å²) in [5.41, 5.74) is 9.37. The first kappa shape index (κ1) is 9.17. The molecule has 1 fully saturated rings. The summed E-state index contributed by atoms with van der Waals surface area (Å²) in [4.78, 5) is 7.86. The Bertz CT molecular complexity index is 300. The zero-order valence-corrected chi connectivity index (χ0v) is 7.81. The third-order valence-electron chi connectivity index (χ3n) is 2.02. The molecule has 76 valence electrons. The highest BCUT2D eigenvalue weighted by molar-refractivity contribution is 5.58. The van der Waals surface area contributed by atoms with Crippen molar-refractivity contribution in [2.75, 3.05) is 37.5 Å². The molecule has 0 unspecified atom stereocenters. The summed E-state index contributed by atoms with van der Waals surface area (Å²) in [6, 6.07) is 0. The first-order chi connectivity index (χ1) is 6.86. The molecule has 0 bridgehead atoms. The van der Waals surface area contributed by atoms with Crippen LogP contribution in [0.15, 0.2) is 12.5 Å². The van der Waals surface area contributed by atoms with E-state index in [1.807, 2.05) is 5.01 Å². The van der Waals surface area contributed by atoms with Gasteiger partial charge in [0.05, 0.1) is 25.1 Å². The molecule has 1 aromatic heterocycles. The van der Waals surface area contributed by atoms with Crippen LogP contribution in [-0.2, 0) is 4.74 Å². The Kier molecular flexibility index (Phi) is 2.76. The SMILES string of the molecule is Nc1cncnc1NN1CCOCC1. The number of nitrogen functional groups attached to an aromatic ring is 1. The van der Waals surface area contributed by atoms with Gasteiger partial charge in [0, 0.05) is 13.1 Å². The lowest BCUT2D eigenvalue weighted by molar-refractivity contribution is 0.0495. The number of hydrogen-bond acceptors (Lipinski definition) is 6. The van der Waals surface area contributed by atoms with Crippen LogP contribution in [0.3, 0.4) is 0 Å². The van der Waals surface area contributed by atoms with Gasteiger partial charge in [-0.1, -0.05) is 0 Å². The molecule has 1 saturated heterocycles.